The van der Waals surface area contributed by atoms with Crippen molar-refractivity contribution in [2.45, 2.75) is 43.4 Å². The third kappa shape index (κ3) is 4.81. The van der Waals surface area contributed by atoms with Gasteiger partial charge in [-0.1, -0.05) is 55.6 Å². The van der Waals surface area contributed by atoms with Gasteiger partial charge in [0.25, 0.3) is 15.9 Å². The van der Waals surface area contributed by atoms with Crippen LogP contribution in [0.2, 0.25) is 0 Å². The van der Waals surface area contributed by atoms with Gasteiger partial charge in [0, 0.05) is 23.2 Å². The molecule has 1 aliphatic carbocycles. The maximum absolute atomic E-state index is 12.6. The number of anilines is 2. The quantitative estimate of drug-likeness (QED) is 0.556. The first kappa shape index (κ1) is 21.7. The highest BCUT2D eigenvalue weighted by atomic mass is 32.2. The molecule has 10 heteroatoms. The van der Waals surface area contributed by atoms with Crippen LogP contribution in [-0.4, -0.2) is 30.4 Å². The molecule has 2 aliphatic rings. The lowest BCUT2D eigenvalue weighted by Crippen LogP contribution is -2.13. The number of amidine groups is 1. The number of hydrogen-bond donors (Lipinski definition) is 2. The van der Waals surface area contributed by atoms with Crippen molar-refractivity contribution < 1.29 is 13.2 Å². The van der Waals surface area contributed by atoms with E-state index in [1.807, 2.05) is 0 Å². The maximum Gasteiger partial charge on any atom is 0.285 e. The molecule has 0 saturated heterocycles. The van der Waals surface area contributed by atoms with Crippen LogP contribution in [0.5, 0.6) is 0 Å². The summed E-state index contributed by atoms with van der Waals surface area (Å²) >= 11 is 1.43. The number of nitrogens with one attached hydrogen (secondary N) is 2. The zero-order chi connectivity index (χ0) is 22.8. The third-order valence-corrected chi connectivity index (χ3v) is 8.11. The monoisotopic (exact) mass is 481 g/mol. The molecule has 3 aromatic rings. The number of carbonyl (C=O) groups is 1. The lowest BCUT2D eigenvalue weighted by molar-refractivity contribution is 0.102. The molecular weight excluding hydrogens is 458 g/mol. The van der Waals surface area contributed by atoms with Crippen molar-refractivity contribution in [2.75, 3.05) is 10.6 Å². The molecule has 0 atom stereocenters. The molecule has 2 aromatic carbocycles. The standard InChI is InChI=1S/C23H23N5O3S2/c29-22(25-23-27-26-20(32-23)14-15-6-2-1-3-7-15)16-10-12-17(13-11-16)24-21-18-8-4-5-9-19(18)33(30,31)28-21/h4-5,8-13,15H,1-3,6-7,14H2,(H,24,28)(H,25,27,29). The van der Waals surface area contributed by atoms with Crippen molar-refractivity contribution in [1.82, 2.24) is 10.2 Å². The van der Waals surface area contributed by atoms with Gasteiger partial charge in [-0.25, -0.2) is 0 Å². The second-order valence-corrected chi connectivity index (χ2v) is 10.9. The molecule has 0 spiro atoms. The van der Waals surface area contributed by atoms with Crippen molar-refractivity contribution in [3.05, 3.63) is 64.7 Å². The summed E-state index contributed by atoms with van der Waals surface area (Å²) in [5.41, 5.74) is 1.62. The van der Waals surface area contributed by atoms with E-state index in [1.165, 1.54) is 49.5 Å². The Morgan fingerprint density at radius 3 is 2.55 bits per heavy atom. The van der Waals surface area contributed by atoms with Crippen LogP contribution in [-0.2, 0) is 16.4 Å². The van der Waals surface area contributed by atoms with E-state index in [-0.39, 0.29) is 16.6 Å². The first-order valence-corrected chi connectivity index (χ1v) is 13.2. The predicted molar refractivity (Wildman–Crippen MR) is 128 cm³/mol. The molecule has 33 heavy (non-hydrogen) atoms. The van der Waals surface area contributed by atoms with Gasteiger partial charge in [0.2, 0.25) is 5.13 Å². The van der Waals surface area contributed by atoms with Crippen LogP contribution in [0.25, 0.3) is 0 Å². The van der Waals surface area contributed by atoms with E-state index in [4.69, 9.17) is 0 Å². The van der Waals surface area contributed by atoms with Crippen LogP contribution in [0.4, 0.5) is 10.8 Å². The summed E-state index contributed by atoms with van der Waals surface area (Å²) in [6.07, 6.45) is 7.30. The molecular formula is C23H23N5O3S2. The molecule has 1 aromatic heterocycles. The molecule has 170 valence electrons. The fraction of sp³-hybridized carbons (Fsp3) is 0.304. The highest BCUT2D eigenvalue weighted by molar-refractivity contribution is 7.90. The van der Waals surface area contributed by atoms with Gasteiger partial charge < -0.3 is 5.32 Å². The summed E-state index contributed by atoms with van der Waals surface area (Å²) in [5, 5.41) is 15.7. The minimum atomic E-state index is -3.69. The van der Waals surface area contributed by atoms with Crippen molar-refractivity contribution in [2.24, 2.45) is 10.3 Å². The fourth-order valence-electron chi connectivity index (χ4n) is 4.23. The summed E-state index contributed by atoms with van der Waals surface area (Å²) in [5.74, 6) is 0.664. The molecule has 2 heterocycles. The van der Waals surface area contributed by atoms with Gasteiger partial charge in [-0.2, -0.15) is 8.42 Å². The highest BCUT2D eigenvalue weighted by Gasteiger charge is 2.28. The largest absolute Gasteiger partial charge is 0.339 e. The van der Waals surface area contributed by atoms with Crippen molar-refractivity contribution >= 4 is 43.9 Å². The van der Waals surface area contributed by atoms with Gasteiger partial charge in [-0.3, -0.25) is 10.1 Å². The smallest absolute Gasteiger partial charge is 0.285 e. The highest BCUT2D eigenvalue weighted by Crippen LogP contribution is 2.29. The van der Waals surface area contributed by atoms with E-state index in [9.17, 15) is 13.2 Å². The van der Waals surface area contributed by atoms with E-state index in [0.717, 1.165) is 11.4 Å². The SMILES string of the molecule is O=C(Nc1nnc(CC2CCCCC2)s1)c1ccc(NC2=NS(=O)(=O)c3ccccc32)cc1. The summed E-state index contributed by atoms with van der Waals surface area (Å²) in [7, 11) is -3.69. The summed E-state index contributed by atoms with van der Waals surface area (Å²) in [6.45, 7) is 0. The number of nitrogens with zero attached hydrogens (tertiary/aromatic N) is 3. The van der Waals surface area contributed by atoms with Gasteiger partial charge in [0.15, 0.2) is 5.84 Å². The average Bonchev–Trinajstić information content (AvgIpc) is 3.36. The second kappa shape index (κ2) is 9.03. The maximum atomic E-state index is 12.6. The Morgan fingerprint density at radius 1 is 1.00 bits per heavy atom. The number of amides is 1. The van der Waals surface area contributed by atoms with Crippen LogP contribution < -0.4 is 10.6 Å². The predicted octanol–water partition coefficient (Wildman–Crippen LogP) is 4.47. The Labute approximate surface area is 196 Å². The molecule has 1 aliphatic heterocycles. The van der Waals surface area contributed by atoms with Crippen LogP contribution in [0.1, 0.15) is 53.0 Å². The Morgan fingerprint density at radius 2 is 1.76 bits per heavy atom. The number of aromatic nitrogens is 2. The molecule has 0 unspecified atom stereocenters. The zero-order valence-electron chi connectivity index (χ0n) is 17.8. The molecule has 1 fully saturated rings. The van der Waals surface area contributed by atoms with E-state index in [2.05, 4.69) is 25.2 Å². The van der Waals surface area contributed by atoms with E-state index in [1.54, 1.807) is 42.5 Å². The lowest BCUT2D eigenvalue weighted by atomic mass is 9.87. The van der Waals surface area contributed by atoms with Gasteiger partial charge in [-0.05, 0) is 42.3 Å². The number of fused-ring (bicyclic) bond motifs is 1. The molecule has 0 radical (unpaired) electrons. The third-order valence-electron chi connectivity index (χ3n) is 5.92. The van der Waals surface area contributed by atoms with Crippen LogP contribution >= 0.6 is 11.3 Å². The Balaban J connectivity index is 1.22. The summed E-state index contributed by atoms with van der Waals surface area (Å²) in [4.78, 5) is 12.8. The molecule has 1 amide bonds. The van der Waals surface area contributed by atoms with E-state index < -0.39 is 10.0 Å². The Kier molecular flexibility index (Phi) is 5.94. The number of carbonyl (C=O) groups excluding carboxylic acids is 1. The number of hydrogen-bond acceptors (Lipinski definition) is 7. The van der Waals surface area contributed by atoms with Crippen LogP contribution in [0.15, 0.2) is 57.8 Å². The minimum Gasteiger partial charge on any atom is -0.339 e. The topological polar surface area (TPSA) is 113 Å². The average molecular weight is 482 g/mol. The van der Waals surface area contributed by atoms with Gasteiger partial charge in [0.1, 0.15) is 9.90 Å². The Bertz CT molecular complexity index is 1310. The van der Waals surface area contributed by atoms with Crippen molar-refractivity contribution in [1.29, 1.82) is 0 Å². The first-order valence-electron chi connectivity index (χ1n) is 10.9. The normalized spacial score (nSPS) is 17.3. The first-order chi connectivity index (χ1) is 16.0. The number of benzene rings is 2. The van der Waals surface area contributed by atoms with E-state index in [0.29, 0.717) is 27.9 Å². The van der Waals surface area contributed by atoms with Gasteiger partial charge in [0.05, 0.1) is 0 Å². The van der Waals surface area contributed by atoms with Gasteiger partial charge >= 0.3 is 0 Å². The number of sulfonamides is 1. The van der Waals surface area contributed by atoms with Crippen LogP contribution in [0, 0.1) is 5.92 Å². The van der Waals surface area contributed by atoms with Crippen LogP contribution in [0.3, 0.4) is 0 Å². The molecule has 2 N–H and O–H groups in total. The van der Waals surface area contributed by atoms with E-state index >= 15 is 0 Å². The zero-order valence-corrected chi connectivity index (χ0v) is 19.5. The summed E-state index contributed by atoms with van der Waals surface area (Å²) in [6, 6.07) is 13.4. The second-order valence-electron chi connectivity index (χ2n) is 8.28. The lowest BCUT2D eigenvalue weighted by Gasteiger charge is -2.19. The fourth-order valence-corrected chi connectivity index (χ4v) is 6.26. The van der Waals surface area contributed by atoms with Crippen molar-refractivity contribution in [3.63, 3.8) is 0 Å². The molecule has 8 nitrogen and oxygen atoms in total. The summed E-state index contributed by atoms with van der Waals surface area (Å²) < 4.78 is 28.2. The molecule has 0 bridgehead atoms. The van der Waals surface area contributed by atoms with Gasteiger partial charge in [-0.15, -0.1) is 14.6 Å². The minimum absolute atomic E-state index is 0.184. The van der Waals surface area contributed by atoms with Crippen molar-refractivity contribution in [3.8, 4) is 0 Å². The number of rotatable bonds is 5. The Hall–Kier alpha value is -3.11. The molecule has 5 rings (SSSR count). The molecule has 1 saturated carbocycles.